The molecule has 6 heteroatoms. The summed E-state index contributed by atoms with van der Waals surface area (Å²) in [4.78, 5) is 12.5. The van der Waals surface area contributed by atoms with Gasteiger partial charge in [0.25, 0.3) is 0 Å². The fourth-order valence-electron chi connectivity index (χ4n) is 4.17. The lowest BCUT2D eigenvalue weighted by molar-refractivity contribution is 0.475. The fourth-order valence-corrected chi connectivity index (χ4v) is 6.28. The molecule has 0 saturated heterocycles. The Kier molecular flexibility index (Phi) is 6.84. The first kappa shape index (κ1) is 23.5. The molecule has 176 valence electrons. The van der Waals surface area contributed by atoms with Crippen molar-refractivity contribution in [3.63, 3.8) is 0 Å². The molecule has 0 radical (unpaired) electrons. The Morgan fingerprint density at radius 3 is 2.00 bits per heavy atom. The monoisotopic (exact) mass is 497 g/mol. The summed E-state index contributed by atoms with van der Waals surface area (Å²) < 4.78 is 2.12. The minimum Gasteiger partial charge on any atom is -0.508 e. The van der Waals surface area contributed by atoms with Crippen molar-refractivity contribution in [1.82, 2.24) is 14.5 Å². The van der Waals surface area contributed by atoms with Crippen molar-refractivity contribution in [2.75, 3.05) is 0 Å². The van der Waals surface area contributed by atoms with Gasteiger partial charge in [-0.1, -0.05) is 62.0 Å². The summed E-state index contributed by atoms with van der Waals surface area (Å²) in [7, 11) is 2.04. The van der Waals surface area contributed by atoms with Crippen LogP contribution in [0.4, 0.5) is 0 Å². The van der Waals surface area contributed by atoms with E-state index in [1.165, 1.54) is 20.9 Å². The van der Waals surface area contributed by atoms with E-state index in [0.717, 1.165) is 45.3 Å². The van der Waals surface area contributed by atoms with E-state index in [-0.39, 0.29) is 5.75 Å². The second-order valence-corrected chi connectivity index (χ2v) is 10.4. The van der Waals surface area contributed by atoms with Gasteiger partial charge in [0.1, 0.15) is 16.4 Å². The molecule has 0 amide bonds. The fraction of sp³-hybridized carbons (Fsp3) is 0.172. The van der Waals surface area contributed by atoms with E-state index in [4.69, 9.17) is 9.97 Å². The Bertz CT molecular complexity index is 1490. The van der Waals surface area contributed by atoms with E-state index >= 15 is 0 Å². The average Bonchev–Trinajstić information content (AvgIpc) is 3.22. The molecule has 0 aliphatic carbocycles. The third-order valence-electron chi connectivity index (χ3n) is 6.11. The molecular weight excluding hydrogens is 470 g/mol. The number of rotatable bonds is 7. The lowest BCUT2D eigenvalue weighted by atomic mass is 10.1. The van der Waals surface area contributed by atoms with Gasteiger partial charge in [-0.15, -0.1) is 0 Å². The van der Waals surface area contributed by atoms with Crippen molar-refractivity contribution >= 4 is 34.6 Å². The van der Waals surface area contributed by atoms with E-state index in [0.29, 0.717) is 0 Å². The molecule has 2 heterocycles. The third-order valence-corrected chi connectivity index (χ3v) is 8.21. The van der Waals surface area contributed by atoms with Crippen LogP contribution in [0.25, 0.3) is 22.3 Å². The van der Waals surface area contributed by atoms with Crippen LogP contribution in [-0.2, 0) is 19.9 Å². The van der Waals surface area contributed by atoms with Gasteiger partial charge in [0, 0.05) is 16.8 Å². The first-order valence-electron chi connectivity index (χ1n) is 11.8. The second kappa shape index (κ2) is 10.2. The molecule has 5 rings (SSSR count). The largest absolute Gasteiger partial charge is 0.508 e. The molecule has 0 unspecified atom stereocenters. The van der Waals surface area contributed by atoms with Crippen LogP contribution in [0.3, 0.4) is 0 Å². The number of aryl methyl sites for hydroxylation is 3. The molecule has 0 bridgehead atoms. The Morgan fingerprint density at radius 2 is 1.37 bits per heavy atom. The third kappa shape index (κ3) is 4.81. The highest BCUT2D eigenvalue weighted by Gasteiger charge is 2.18. The molecular formula is C29H27N3OS2. The zero-order valence-corrected chi connectivity index (χ0v) is 21.7. The summed E-state index contributed by atoms with van der Waals surface area (Å²) >= 11 is 3.33. The van der Waals surface area contributed by atoms with Gasteiger partial charge in [0.05, 0.1) is 11.1 Å². The molecule has 1 N–H and O–H groups in total. The zero-order valence-electron chi connectivity index (χ0n) is 20.0. The van der Waals surface area contributed by atoms with Gasteiger partial charge in [0.2, 0.25) is 0 Å². The molecule has 5 aromatic rings. The number of benzene rings is 3. The van der Waals surface area contributed by atoms with Crippen LogP contribution in [-0.4, -0.2) is 19.6 Å². The van der Waals surface area contributed by atoms with Crippen molar-refractivity contribution in [3.05, 3.63) is 90.0 Å². The summed E-state index contributed by atoms with van der Waals surface area (Å²) in [5.74, 6) is 0.257. The number of hydrogen-bond acceptors (Lipinski definition) is 5. The predicted octanol–water partition coefficient (Wildman–Crippen LogP) is 7.77. The number of aromatic hydroxyl groups is 1. The van der Waals surface area contributed by atoms with E-state index in [2.05, 4.69) is 73.0 Å². The van der Waals surface area contributed by atoms with Crippen molar-refractivity contribution < 1.29 is 5.11 Å². The van der Waals surface area contributed by atoms with Gasteiger partial charge >= 0.3 is 0 Å². The number of phenolic OH excluding ortho intramolecular Hbond substituents is 1. The maximum absolute atomic E-state index is 9.75. The van der Waals surface area contributed by atoms with Gasteiger partial charge < -0.3 is 9.67 Å². The molecule has 0 aliphatic heterocycles. The quantitative estimate of drug-likeness (QED) is 0.184. The van der Waals surface area contributed by atoms with Gasteiger partial charge in [-0.3, -0.25) is 0 Å². The summed E-state index contributed by atoms with van der Waals surface area (Å²) in [6.45, 7) is 4.36. The first-order valence-corrected chi connectivity index (χ1v) is 13.4. The number of fused-ring (bicyclic) bond motifs is 1. The summed E-state index contributed by atoms with van der Waals surface area (Å²) in [5, 5.41) is 12.5. The standard InChI is InChI=1S/C29H27N3OS2/c1-4-19-10-6-8-12-25(19)34-28-23-18-24(21-14-16-22(33)17-15-21)32(3)27(23)30-29(31-28)35-26-13-9-7-11-20(26)5-2/h6-18,33H,4-5H2,1-3H3. The van der Waals surface area contributed by atoms with Crippen LogP contribution < -0.4 is 0 Å². The van der Waals surface area contributed by atoms with E-state index < -0.39 is 0 Å². The normalized spacial score (nSPS) is 11.3. The van der Waals surface area contributed by atoms with E-state index in [9.17, 15) is 5.11 Å². The Hall–Kier alpha value is -3.22. The van der Waals surface area contributed by atoms with Crippen molar-refractivity contribution in [2.24, 2.45) is 7.05 Å². The summed E-state index contributed by atoms with van der Waals surface area (Å²) in [5.41, 5.74) is 5.57. The SMILES string of the molecule is CCc1ccccc1Sc1nc(Sc2ccccc2CC)c2cc(-c3ccc(O)cc3)n(C)c2n1. The molecule has 2 aromatic heterocycles. The Morgan fingerprint density at radius 1 is 0.771 bits per heavy atom. The van der Waals surface area contributed by atoms with Crippen LogP contribution in [0.15, 0.2) is 98.8 Å². The minimum absolute atomic E-state index is 0.257. The number of hydrogen-bond donors (Lipinski definition) is 1. The van der Waals surface area contributed by atoms with E-state index in [1.807, 2.05) is 19.2 Å². The maximum atomic E-state index is 9.75. The molecule has 35 heavy (non-hydrogen) atoms. The van der Waals surface area contributed by atoms with Gasteiger partial charge in [0.15, 0.2) is 5.16 Å². The maximum Gasteiger partial charge on any atom is 0.195 e. The van der Waals surface area contributed by atoms with Crippen LogP contribution in [0.1, 0.15) is 25.0 Å². The van der Waals surface area contributed by atoms with Gasteiger partial charge in [-0.05, 0) is 83.8 Å². The molecule has 0 fully saturated rings. The second-order valence-electron chi connectivity index (χ2n) is 8.31. The summed E-state index contributed by atoms with van der Waals surface area (Å²) in [6, 6.07) is 26.4. The molecule has 0 aliphatic rings. The Balaban J connectivity index is 1.67. The number of nitrogens with zero attached hydrogens (tertiary/aromatic N) is 3. The highest BCUT2D eigenvalue weighted by Crippen LogP contribution is 2.39. The van der Waals surface area contributed by atoms with Crippen LogP contribution >= 0.6 is 23.5 Å². The smallest absolute Gasteiger partial charge is 0.195 e. The molecule has 0 saturated carbocycles. The van der Waals surface area contributed by atoms with Crippen molar-refractivity contribution in [3.8, 4) is 17.0 Å². The average molecular weight is 498 g/mol. The number of phenols is 1. The molecule has 4 nitrogen and oxygen atoms in total. The topological polar surface area (TPSA) is 50.9 Å². The predicted molar refractivity (Wildman–Crippen MR) is 145 cm³/mol. The highest BCUT2D eigenvalue weighted by molar-refractivity contribution is 8.00. The molecule has 3 aromatic carbocycles. The Labute approximate surface area is 214 Å². The number of aromatic nitrogens is 3. The first-order chi connectivity index (χ1) is 17.1. The summed E-state index contributed by atoms with van der Waals surface area (Å²) in [6.07, 6.45) is 1.93. The molecule has 0 atom stereocenters. The van der Waals surface area contributed by atoms with Crippen LogP contribution in [0.2, 0.25) is 0 Å². The highest BCUT2D eigenvalue weighted by atomic mass is 32.2. The van der Waals surface area contributed by atoms with Crippen molar-refractivity contribution in [1.29, 1.82) is 0 Å². The minimum atomic E-state index is 0.257. The van der Waals surface area contributed by atoms with Crippen LogP contribution in [0.5, 0.6) is 5.75 Å². The van der Waals surface area contributed by atoms with Crippen molar-refractivity contribution in [2.45, 2.75) is 46.7 Å². The lowest BCUT2D eigenvalue weighted by Crippen LogP contribution is -1.97. The molecule has 0 spiro atoms. The zero-order chi connectivity index (χ0) is 24.4. The lowest BCUT2D eigenvalue weighted by Gasteiger charge is -2.11. The van der Waals surface area contributed by atoms with Gasteiger partial charge in [-0.2, -0.15) is 0 Å². The van der Waals surface area contributed by atoms with Crippen LogP contribution in [0, 0.1) is 0 Å². The van der Waals surface area contributed by atoms with Gasteiger partial charge in [-0.25, -0.2) is 9.97 Å². The van der Waals surface area contributed by atoms with E-state index in [1.54, 1.807) is 35.7 Å².